The van der Waals surface area contributed by atoms with Crippen molar-refractivity contribution in [2.75, 3.05) is 24.7 Å². The summed E-state index contributed by atoms with van der Waals surface area (Å²) in [6.45, 7) is 2.31. The van der Waals surface area contributed by atoms with Gasteiger partial charge < -0.3 is 10.4 Å². The van der Waals surface area contributed by atoms with E-state index in [-0.39, 0.29) is 12.5 Å². The molecule has 0 bridgehead atoms. The van der Waals surface area contributed by atoms with Crippen LogP contribution in [0.25, 0.3) is 0 Å². The molecule has 1 atom stereocenters. The molecule has 104 valence electrons. The summed E-state index contributed by atoms with van der Waals surface area (Å²) in [5.74, 6) is 6.62. The number of hydrogen-bond donors (Lipinski definition) is 2. The highest BCUT2D eigenvalue weighted by Gasteiger charge is 2.07. The quantitative estimate of drug-likeness (QED) is 0.770. The minimum absolute atomic E-state index is 0.0420. The van der Waals surface area contributed by atoms with Gasteiger partial charge in [0.1, 0.15) is 0 Å². The van der Waals surface area contributed by atoms with Crippen molar-refractivity contribution in [3.8, 4) is 11.8 Å². The molecule has 1 heterocycles. The third kappa shape index (κ3) is 6.01. The van der Waals surface area contributed by atoms with Crippen molar-refractivity contribution in [2.45, 2.75) is 13.3 Å². The SMILES string of the molecule is CCS(=O)CCNC(=O)c1csc(C#CCCO)c1. The molecule has 1 rings (SSSR count). The Morgan fingerprint density at radius 1 is 1.58 bits per heavy atom. The zero-order valence-corrected chi connectivity index (χ0v) is 12.4. The number of rotatable bonds is 6. The van der Waals surface area contributed by atoms with Crippen LogP contribution in [-0.2, 0) is 10.8 Å². The van der Waals surface area contributed by atoms with Gasteiger partial charge >= 0.3 is 0 Å². The molecule has 2 N–H and O–H groups in total. The predicted octanol–water partition coefficient (Wildman–Crippen LogP) is 0.980. The van der Waals surface area contributed by atoms with Gasteiger partial charge in [-0.05, 0) is 6.07 Å². The molecule has 0 fully saturated rings. The van der Waals surface area contributed by atoms with Crippen LogP contribution < -0.4 is 5.32 Å². The van der Waals surface area contributed by atoms with E-state index in [1.807, 2.05) is 6.92 Å². The second kappa shape index (κ2) is 8.86. The zero-order chi connectivity index (χ0) is 14.1. The number of aliphatic hydroxyl groups is 1. The van der Waals surface area contributed by atoms with Gasteiger partial charge in [-0.15, -0.1) is 11.3 Å². The summed E-state index contributed by atoms with van der Waals surface area (Å²) in [6, 6.07) is 1.72. The van der Waals surface area contributed by atoms with Gasteiger partial charge in [-0.25, -0.2) is 0 Å². The molecule has 1 aromatic rings. The first kappa shape index (κ1) is 15.9. The van der Waals surface area contributed by atoms with Crippen LogP contribution in [0.1, 0.15) is 28.6 Å². The maximum atomic E-state index is 11.8. The van der Waals surface area contributed by atoms with Gasteiger partial charge in [0, 0.05) is 40.7 Å². The van der Waals surface area contributed by atoms with Crippen molar-refractivity contribution < 1.29 is 14.1 Å². The maximum Gasteiger partial charge on any atom is 0.252 e. The number of nitrogens with one attached hydrogen (secondary N) is 1. The van der Waals surface area contributed by atoms with Crippen molar-refractivity contribution in [2.24, 2.45) is 0 Å². The Morgan fingerprint density at radius 2 is 2.37 bits per heavy atom. The number of thiophene rings is 1. The molecule has 0 radical (unpaired) electrons. The number of carbonyl (C=O) groups is 1. The van der Waals surface area contributed by atoms with Gasteiger partial charge in [-0.3, -0.25) is 9.00 Å². The normalized spacial score (nSPS) is 11.5. The van der Waals surface area contributed by atoms with E-state index in [0.717, 1.165) is 4.88 Å². The fraction of sp³-hybridized carbons (Fsp3) is 0.462. The topological polar surface area (TPSA) is 66.4 Å². The lowest BCUT2D eigenvalue weighted by atomic mass is 10.3. The highest BCUT2D eigenvalue weighted by molar-refractivity contribution is 7.84. The Hall–Kier alpha value is -1.16. The second-order valence-corrected chi connectivity index (χ2v) is 6.44. The molecule has 4 nitrogen and oxygen atoms in total. The van der Waals surface area contributed by atoms with Gasteiger partial charge in [0.2, 0.25) is 0 Å². The van der Waals surface area contributed by atoms with E-state index in [4.69, 9.17) is 5.11 Å². The van der Waals surface area contributed by atoms with Crippen molar-refractivity contribution in [3.63, 3.8) is 0 Å². The fourth-order valence-electron chi connectivity index (χ4n) is 1.25. The molecule has 0 aliphatic rings. The minimum Gasteiger partial charge on any atom is -0.395 e. The lowest BCUT2D eigenvalue weighted by molar-refractivity contribution is 0.0956. The molecular weight excluding hydrogens is 282 g/mol. The van der Waals surface area contributed by atoms with Gasteiger partial charge in [-0.2, -0.15) is 0 Å². The Kier molecular flexibility index (Phi) is 7.41. The lowest BCUT2D eigenvalue weighted by Crippen LogP contribution is -2.27. The third-order valence-electron chi connectivity index (χ3n) is 2.25. The van der Waals surface area contributed by atoms with Crippen molar-refractivity contribution in [1.29, 1.82) is 0 Å². The number of carbonyl (C=O) groups excluding carboxylic acids is 1. The van der Waals surface area contributed by atoms with Gasteiger partial charge in [0.15, 0.2) is 0 Å². The molecule has 0 aliphatic heterocycles. The largest absolute Gasteiger partial charge is 0.395 e. The van der Waals surface area contributed by atoms with E-state index in [1.165, 1.54) is 11.3 Å². The molecule has 0 saturated heterocycles. The summed E-state index contributed by atoms with van der Waals surface area (Å²) in [4.78, 5) is 12.6. The van der Waals surface area contributed by atoms with Crippen LogP contribution in [0.5, 0.6) is 0 Å². The molecule has 0 saturated carbocycles. The monoisotopic (exact) mass is 299 g/mol. The van der Waals surface area contributed by atoms with E-state index < -0.39 is 10.8 Å². The van der Waals surface area contributed by atoms with Gasteiger partial charge in [0.25, 0.3) is 5.91 Å². The van der Waals surface area contributed by atoms with E-state index in [9.17, 15) is 9.00 Å². The first-order chi connectivity index (χ1) is 9.17. The summed E-state index contributed by atoms with van der Waals surface area (Å²) in [5.41, 5.74) is 0.570. The first-order valence-corrected chi connectivity index (χ1v) is 8.35. The van der Waals surface area contributed by atoms with E-state index in [0.29, 0.717) is 30.0 Å². The summed E-state index contributed by atoms with van der Waals surface area (Å²) in [5, 5.41) is 13.1. The Labute approximate surface area is 119 Å². The number of amides is 1. The van der Waals surface area contributed by atoms with Crippen LogP contribution in [0.3, 0.4) is 0 Å². The first-order valence-electron chi connectivity index (χ1n) is 5.98. The highest BCUT2D eigenvalue weighted by Crippen LogP contribution is 2.13. The van der Waals surface area contributed by atoms with E-state index >= 15 is 0 Å². The molecule has 1 unspecified atom stereocenters. The number of aliphatic hydroxyl groups excluding tert-OH is 1. The average Bonchev–Trinajstić information content (AvgIpc) is 2.87. The van der Waals surface area contributed by atoms with Crippen molar-refractivity contribution in [3.05, 3.63) is 21.9 Å². The summed E-state index contributed by atoms with van der Waals surface area (Å²) >= 11 is 1.40. The Balaban J connectivity index is 2.45. The zero-order valence-electron chi connectivity index (χ0n) is 10.8. The minimum atomic E-state index is -0.858. The van der Waals surface area contributed by atoms with Crippen molar-refractivity contribution in [1.82, 2.24) is 5.32 Å². The maximum absolute atomic E-state index is 11.8. The predicted molar refractivity (Wildman–Crippen MR) is 78.8 cm³/mol. The van der Waals surface area contributed by atoms with Crippen LogP contribution in [0.4, 0.5) is 0 Å². The molecule has 0 aliphatic carbocycles. The smallest absolute Gasteiger partial charge is 0.252 e. The second-order valence-electron chi connectivity index (χ2n) is 3.66. The van der Waals surface area contributed by atoms with Gasteiger partial charge in [0.05, 0.1) is 17.0 Å². The van der Waals surface area contributed by atoms with Crippen LogP contribution >= 0.6 is 11.3 Å². The van der Waals surface area contributed by atoms with E-state index in [2.05, 4.69) is 17.2 Å². The van der Waals surface area contributed by atoms with Crippen LogP contribution in [0.2, 0.25) is 0 Å². The standard InChI is InChI=1S/C13H17NO3S2/c1-2-19(17)8-6-14-13(16)11-9-12(18-10-11)5-3-4-7-15/h9-10,15H,2,4,6-8H2,1H3,(H,14,16). The lowest BCUT2D eigenvalue weighted by Gasteiger charge is -2.02. The number of hydrogen-bond acceptors (Lipinski definition) is 4. The Bertz CT molecular complexity index is 499. The molecule has 19 heavy (non-hydrogen) atoms. The molecule has 0 spiro atoms. The molecule has 6 heteroatoms. The molecule has 1 amide bonds. The Morgan fingerprint density at radius 3 is 3.05 bits per heavy atom. The van der Waals surface area contributed by atoms with Crippen LogP contribution in [0, 0.1) is 11.8 Å². The van der Waals surface area contributed by atoms with Crippen LogP contribution in [-0.4, -0.2) is 39.9 Å². The summed E-state index contributed by atoms with van der Waals surface area (Å²) < 4.78 is 11.2. The fourth-order valence-corrected chi connectivity index (χ4v) is 2.62. The summed E-state index contributed by atoms with van der Waals surface area (Å²) in [6.07, 6.45) is 0.433. The van der Waals surface area contributed by atoms with Crippen LogP contribution in [0.15, 0.2) is 11.4 Å². The van der Waals surface area contributed by atoms with E-state index in [1.54, 1.807) is 11.4 Å². The molecule has 0 aromatic carbocycles. The van der Waals surface area contributed by atoms with Gasteiger partial charge in [-0.1, -0.05) is 18.8 Å². The average molecular weight is 299 g/mol. The summed E-state index contributed by atoms with van der Waals surface area (Å²) in [7, 11) is -0.858. The third-order valence-corrected chi connectivity index (χ3v) is 4.40. The highest BCUT2D eigenvalue weighted by atomic mass is 32.2. The van der Waals surface area contributed by atoms with Crippen molar-refractivity contribution >= 4 is 28.0 Å². The molecular formula is C13H17NO3S2. The molecule has 1 aromatic heterocycles.